The summed E-state index contributed by atoms with van der Waals surface area (Å²) in [6.07, 6.45) is 4.74. The minimum absolute atomic E-state index is 0.0344. The summed E-state index contributed by atoms with van der Waals surface area (Å²) < 4.78 is 46.0. The van der Waals surface area contributed by atoms with Gasteiger partial charge in [-0.15, -0.1) is 0 Å². The lowest BCUT2D eigenvalue weighted by Crippen LogP contribution is -2.61. The Hall–Kier alpha value is -3.94. The second-order valence-electron chi connectivity index (χ2n) is 12.0. The fourth-order valence-corrected chi connectivity index (χ4v) is 7.49. The Bertz CT molecular complexity index is 1810. The van der Waals surface area contributed by atoms with Crippen LogP contribution in [0.4, 0.5) is 19.0 Å². The molecule has 42 heavy (non-hydrogen) atoms. The van der Waals surface area contributed by atoms with Crippen LogP contribution in [0.5, 0.6) is 5.75 Å². The second kappa shape index (κ2) is 9.54. The van der Waals surface area contributed by atoms with Gasteiger partial charge in [0.2, 0.25) is 5.82 Å². The van der Waals surface area contributed by atoms with Crippen molar-refractivity contribution in [3.63, 3.8) is 0 Å². The summed E-state index contributed by atoms with van der Waals surface area (Å²) in [7, 11) is 0. The van der Waals surface area contributed by atoms with Gasteiger partial charge in [0, 0.05) is 55.3 Å². The van der Waals surface area contributed by atoms with Crippen LogP contribution < -0.4 is 10.2 Å². The van der Waals surface area contributed by atoms with Gasteiger partial charge < -0.3 is 15.3 Å². The highest BCUT2D eigenvalue weighted by Crippen LogP contribution is 2.41. The van der Waals surface area contributed by atoms with E-state index in [9.17, 15) is 9.50 Å². The molecule has 0 radical (unpaired) electrons. The molecule has 4 atom stereocenters. The molecule has 214 valence electrons. The first kappa shape index (κ1) is 25.7. The first-order valence-electron chi connectivity index (χ1n) is 14.6. The van der Waals surface area contributed by atoms with E-state index in [1.165, 1.54) is 30.5 Å². The van der Waals surface area contributed by atoms with Gasteiger partial charge in [-0.25, -0.2) is 23.1 Å². The summed E-state index contributed by atoms with van der Waals surface area (Å²) in [5.74, 6) is 5.74. The van der Waals surface area contributed by atoms with Crippen molar-refractivity contribution in [1.29, 1.82) is 0 Å². The van der Waals surface area contributed by atoms with Gasteiger partial charge in [0.1, 0.15) is 34.8 Å². The van der Waals surface area contributed by atoms with Crippen molar-refractivity contribution in [2.75, 3.05) is 31.1 Å². The molecule has 5 aliphatic rings. The van der Waals surface area contributed by atoms with E-state index < -0.39 is 23.3 Å². The average molecular weight is 571 g/mol. The van der Waals surface area contributed by atoms with Crippen LogP contribution in [0.25, 0.3) is 32.9 Å². The number of hydrogen-bond donors (Lipinski definition) is 2. The molecule has 2 bridgehead atoms. The van der Waals surface area contributed by atoms with E-state index in [4.69, 9.17) is 4.98 Å². The average Bonchev–Trinajstić information content (AvgIpc) is 3.52. The summed E-state index contributed by atoms with van der Waals surface area (Å²) in [6, 6.07) is 7.74. The number of rotatable bonds is 2. The fourth-order valence-electron chi connectivity index (χ4n) is 7.49. The molecule has 2 aromatic carbocycles. The van der Waals surface area contributed by atoms with E-state index in [1.807, 2.05) is 0 Å². The van der Waals surface area contributed by atoms with Crippen LogP contribution >= 0.6 is 0 Å². The molecular weight excluding hydrogens is 541 g/mol. The minimum Gasteiger partial charge on any atom is -0.508 e. The summed E-state index contributed by atoms with van der Waals surface area (Å²) in [5, 5.41) is 15.0. The Morgan fingerprint density at radius 2 is 2.02 bits per heavy atom. The highest BCUT2D eigenvalue weighted by Gasteiger charge is 2.47. The third-order valence-electron chi connectivity index (χ3n) is 9.46. The van der Waals surface area contributed by atoms with E-state index >= 15 is 8.78 Å². The number of hydrogen-bond acceptors (Lipinski definition) is 7. The van der Waals surface area contributed by atoms with Crippen LogP contribution in [0.15, 0.2) is 36.5 Å². The molecule has 0 amide bonds. The van der Waals surface area contributed by atoms with Gasteiger partial charge in [-0.2, -0.15) is 0 Å². The Morgan fingerprint density at radius 1 is 1.12 bits per heavy atom. The lowest BCUT2D eigenvalue weighted by molar-refractivity contribution is 0.255. The Morgan fingerprint density at radius 3 is 2.83 bits per heavy atom. The standard InChI is InChI=1S/C32H29F3N6O/c33-19-13-32(8-2-10-40(32)16-19)9-7-26-38-30-24(31(39-26)41-17-20-5-6-21(41)14-36-20)15-37-29(28(30)35)23-12-22(42)11-18-3-1-4-25(34)27(18)23/h1,3-4,11-12,15,19-21,36,42H,2,5-6,8,10,13-14,16-17H2/t19-,20-,21-,32-/m1/s1. The fraction of sp³-hybridized carbons (Fsp3) is 0.406. The first-order valence-corrected chi connectivity index (χ1v) is 14.6. The van der Waals surface area contributed by atoms with Crippen molar-refractivity contribution in [3.05, 3.63) is 54.0 Å². The van der Waals surface area contributed by atoms with Crippen LogP contribution in [-0.2, 0) is 0 Å². The lowest BCUT2D eigenvalue weighted by Gasteiger charge is -2.46. The van der Waals surface area contributed by atoms with Crippen LogP contribution in [0.1, 0.15) is 37.9 Å². The number of phenolic OH excluding ortho intramolecular Hbond substituents is 1. The minimum atomic E-state index is -0.923. The SMILES string of the molecule is Oc1cc(-c2ncc3c(N4C[C@H]5CC[C@@H]4CN5)nc(C#C[C@@]45CCCN4C[C@H](F)C5)nc3c2F)c2c(F)cccc2c1. The van der Waals surface area contributed by atoms with Crippen LogP contribution in [0.3, 0.4) is 0 Å². The van der Waals surface area contributed by atoms with Gasteiger partial charge in [-0.3, -0.25) is 9.88 Å². The van der Waals surface area contributed by atoms with E-state index in [1.54, 1.807) is 6.07 Å². The molecule has 9 rings (SSSR count). The topological polar surface area (TPSA) is 77.4 Å². The molecule has 7 nitrogen and oxygen atoms in total. The van der Waals surface area contributed by atoms with Crippen molar-refractivity contribution in [2.24, 2.45) is 0 Å². The first-order chi connectivity index (χ1) is 20.4. The zero-order valence-electron chi connectivity index (χ0n) is 22.9. The van der Waals surface area contributed by atoms with Gasteiger partial charge >= 0.3 is 0 Å². The number of alkyl halides is 1. The molecule has 5 saturated heterocycles. The van der Waals surface area contributed by atoms with Gasteiger partial charge in [0.15, 0.2) is 5.82 Å². The molecule has 0 saturated carbocycles. The number of anilines is 1. The maximum atomic E-state index is 16.6. The number of piperidine rings is 2. The third kappa shape index (κ3) is 4.02. The molecule has 0 unspecified atom stereocenters. The Balaban J connectivity index is 1.33. The van der Waals surface area contributed by atoms with Crippen LogP contribution in [0.2, 0.25) is 0 Å². The molecule has 4 aromatic rings. The maximum Gasteiger partial charge on any atom is 0.207 e. The molecule has 10 heteroatoms. The second-order valence-corrected chi connectivity index (χ2v) is 12.0. The van der Waals surface area contributed by atoms with Crippen molar-refractivity contribution in [2.45, 2.75) is 55.9 Å². The molecule has 5 fully saturated rings. The number of pyridine rings is 1. The van der Waals surface area contributed by atoms with Crippen LogP contribution in [-0.4, -0.2) is 74.9 Å². The molecule has 2 aromatic heterocycles. The monoisotopic (exact) mass is 570 g/mol. The van der Waals surface area contributed by atoms with Crippen LogP contribution in [0, 0.1) is 23.5 Å². The van der Waals surface area contributed by atoms with Gasteiger partial charge in [0.05, 0.1) is 10.9 Å². The van der Waals surface area contributed by atoms with E-state index in [-0.39, 0.29) is 39.8 Å². The molecular formula is C32H29F3N6O. The zero-order chi connectivity index (χ0) is 28.6. The summed E-state index contributed by atoms with van der Waals surface area (Å²) in [4.78, 5) is 18.2. The van der Waals surface area contributed by atoms with E-state index in [2.05, 4.69) is 36.9 Å². The Labute approximate surface area is 240 Å². The number of phenols is 1. The number of aromatic hydroxyl groups is 1. The third-order valence-corrected chi connectivity index (χ3v) is 9.46. The quantitative estimate of drug-likeness (QED) is 0.339. The summed E-state index contributed by atoms with van der Waals surface area (Å²) >= 11 is 0. The van der Waals surface area contributed by atoms with Gasteiger partial charge in [0.25, 0.3) is 0 Å². The number of halogens is 3. The summed E-state index contributed by atoms with van der Waals surface area (Å²) in [5.41, 5.74) is -0.494. The van der Waals surface area contributed by atoms with Crippen molar-refractivity contribution < 1.29 is 18.3 Å². The predicted octanol–water partition coefficient (Wildman–Crippen LogP) is 4.70. The number of fused-ring (bicyclic) bond motifs is 6. The number of piperazine rings is 1. The molecule has 0 aliphatic carbocycles. The normalized spacial score (nSPS) is 27.0. The van der Waals surface area contributed by atoms with Crippen molar-refractivity contribution in [3.8, 4) is 28.8 Å². The molecule has 5 aliphatic heterocycles. The van der Waals surface area contributed by atoms with Crippen molar-refractivity contribution >= 4 is 27.5 Å². The number of nitrogens with one attached hydrogen (secondary N) is 1. The zero-order valence-corrected chi connectivity index (χ0v) is 22.9. The number of benzene rings is 2. The smallest absolute Gasteiger partial charge is 0.207 e. The van der Waals surface area contributed by atoms with Gasteiger partial charge in [-0.1, -0.05) is 18.1 Å². The predicted molar refractivity (Wildman–Crippen MR) is 154 cm³/mol. The summed E-state index contributed by atoms with van der Waals surface area (Å²) in [6.45, 7) is 2.70. The maximum absolute atomic E-state index is 16.6. The molecule has 7 heterocycles. The highest BCUT2D eigenvalue weighted by atomic mass is 19.1. The highest BCUT2D eigenvalue weighted by molar-refractivity contribution is 6.00. The Kier molecular flexibility index (Phi) is 5.85. The molecule has 0 spiro atoms. The van der Waals surface area contributed by atoms with Gasteiger partial charge in [-0.05, 0) is 61.7 Å². The molecule has 2 N–H and O–H groups in total. The largest absolute Gasteiger partial charge is 0.508 e. The lowest BCUT2D eigenvalue weighted by atomic mass is 9.92. The van der Waals surface area contributed by atoms with E-state index in [0.717, 1.165) is 45.3 Å². The number of nitrogens with zero attached hydrogens (tertiary/aromatic N) is 5. The number of aromatic nitrogens is 3. The van der Waals surface area contributed by atoms with Crippen molar-refractivity contribution in [1.82, 2.24) is 25.2 Å². The van der Waals surface area contributed by atoms with E-state index in [0.29, 0.717) is 35.6 Å².